The molecule has 0 fully saturated rings. The van der Waals surface area contributed by atoms with Crippen LogP contribution in [0, 0.1) is 0 Å². The highest BCUT2D eigenvalue weighted by Crippen LogP contribution is 2.36. The maximum absolute atomic E-state index is 9.31. The maximum atomic E-state index is 9.31. The average Bonchev–Trinajstić information content (AvgIpc) is 2.55. The van der Waals surface area contributed by atoms with Gasteiger partial charge in [0.25, 0.3) is 0 Å². The van der Waals surface area contributed by atoms with Gasteiger partial charge in [-0.3, -0.25) is 0 Å². The highest BCUT2D eigenvalue weighted by Gasteiger charge is 2.15. The molecule has 3 rings (SSSR count). The molecule has 0 bridgehead atoms. The van der Waals surface area contributed by atoms with E-state index in [1.165, 1.54) is 0 Å². The molecule has 0 aliphatic rings. The second-order valence-corrected chi connectivity index (χ2v) is 5.48. The molecule has 3 nitrogen and oxygen atoms in total. The van der Waals surface area contributed by atoms with Gasteiger partial charge in [0.1, 0.15) is 6.61 Å². The summed E-state index contributed by atoms with van der Waals surface area (Å²) in [4.78, 5) is 8.60. The summed E-state index contributed by atoms with van der Waals surface area (Å²) in [6.45, 7) is -0.236. The number of rotatable bonds is 3. The van der Waals surface area contributed by atoms with Crippen molar-refractivity contribution in [2.24, 2.45) is 0 Å². The van der Waals surface area contributed by atoms with Crippen molar-refractivity contribution < 1.29 is 5.11 Å². The van der Waals surface area contributed by atoms with Crippen molar-refractivity contribution >= 4 is 23.2 Å². The highest BCUT2D eigenvalue weighted by atomic mass is 35.5. The molecule has 0 aliphatic heterocycles. The molecule has 0 aliphatic carbocycles. The third-order valence-electron chi connectivity index (χ3n) is 3.27. The van der Waals surface area contributed by atoms with E-state index in [2.05, 4.69) is 9.97 Å². The zero-order valence-electron chi connectivity index (χ0n) is 11.5. The second kappa shape index (κ2) is 6.44. The van der Waals surface area contributed by atoms with Crippen LogP contribution in [-0.4, -0.2) is 15.1 Å². The Bertz CT molecular complexity index is 821. The first-order valence-corrected chi connectivity index (χ1v) is 7.43. The van der Waals surface area contributed by atoms with Crippen LogP contribution in [0.15, 0.2) is 54.7 Å². The van der Waals surface area contributed by atoms with Crippen molar-refractivity contribution in [1.29, 1.82) is 0 Å². The molecular formula is C17H12Cl2N2O. The zero-order valence-corrected chi connectivity index (χ0v) is 13.0. The van der Waals surface area contributed by atoms with E-state index in [9.17, 15) is 5.11 Å². The molecule has 0 saturated carbocycles. The molecule has 1 N–H and O–H groups in total. The van der Waals surface area contributed by atoms with Crippen LogP contribution in [0.25, 0.3) is 22.4 Å². The summed E-state index contributed by atoms with van der Waals surface area (Å²) < 4.78 is 0. The Balaban J connectivity index is 2.28. The topological polar surface area (TPSA) is 46.0 Å². The zero-order chi connectivity index (χ0) is 15.5. The minimum Gasteiger partial charge on any atom is -0.388 e. The molecule has 0 amide bonds. The lowest BCUT2D eigenvalue weighted by molar-refractivity contribution is 0.271. The van der Waals surface area contributed by atoms with Crippen LogP contribution in [0.3, 0.4) is 0 Å². The van der Waals surface area contributed by atoms with E-state index in [-0.39, 0.29) is 6.61 Å². The van der Waals surface area contributed by atoms with Crippen LogP contribution in [0.5, 0.6) is 0 Å². The van der Waals surface area contributed by atoms with Crippen molar-refractivity contribution in [2.75, 3.05) is 0 Å². The van der Waals surface area contributed by atoms with Crippen molar-refractivity contribution in [2.45, 2.75) is 6.61 Å². The molecule has 22 heavy (non-hydrogen) atoms. The fraction of sp³-hybridized carbons (Fsp3) is 0.0588. The number of halogens is 2. The summed E-state index contributed by atoms with van der Waals surface area (Å²) in [6.07, 6.45) is 1.67. The van der Waals surface area contributed by atoms with Gasteiger partial charge in [-0.1, -0.05) is 59.6 Å². The molecule has 0 radical (unpaired) electrons. The number of benzene rings is 2. The average molecular weight is 331 g/mol. The second-order valence-electron chi connectivity index (χ2n) is 4.67. The van der Waals surface area contributed by atoms with Gasteiger partial charge in [-0.15, -0.1) is 0 Å². The van der Waals surface area contributed by atoms with Gasteiger partial charge in [0.15, 0.2) is 5.82 Å². The Morgan fingerprint density at radius 3 is 2.00 bits per heavy atom. The normalized spacial score (nSPS) is 10.7. The first-order valence-electron chi connectivity index (χ1n) is 6.67. The van der Waals surface area contributed by atoms with Crippen LogP contribution in [0.2, 0.25) is 10.0 Å². The summed E-state index contributed by atoms with van der Waals surface area (Å²) in [7, 11) is 0. The molecule has 3 aromatic rings. The SMILES string of the molecule is OCc1ncc(-c2ccccc2Cl)c(-c2ccccc2Cl)n1. The number of hydrogen-bond acceptors (Lipinski definition) is 3. The quantitative estimate of drug-likeness (QED) is 0.762. The van der Waals surface area contributed by atoms with Crippen molar-refractivity contribution in [3.63, 3.8) is 0 Å². The van der Waals surface area contributed by atoms with Crippen LogP contribution in [0.1, 0.15) is 5.82 Å². The summed E-state index contributed by atoms with van der Waals surface area (Å²) in [6, 6.07) is 14.9. The molecule has 0 spiro atoms. The van der Waals surface area contributed by atoms with Crippen LogP contribution in [0.4, 0.5) is 0 Å². The van der Waals surface area contributed by atoms with Gasteiger partial charge in [-0.05, 0) is 12.1 Å². The minimum atomic E-state index is -0.236. The predicted molar refractivity (Wildman–Crippen MR) is 88.8 cm³/mol. The lowest BCUT2D eigenvalue weighted by atomic mass is 10.0. The van der Waals surface area contributed by atoms with Gasteiger partial charge in [-0.25, -0.2) is 9.97 Å². The lowest BCUT2D eigenvalue weighted by Gasteiger charge is -2.12. The third-order valence-corrected chi connectivity index (χ3v) is 3.93. The van der Waals surface area contributed by atoms with Gasteiger partial charge in [0, 0.05) is 32.9 Å². The summed E-state index contributed by atoms with van der Waals surface area (Å²) >= 11 is 12.6. The number of aliphatic hydroxyl groups excluding tert-OH is 1. The molecule has 0 saturated heterocycles. The molecule has 0 unspecified atom stereocenters. The maximum Gasteiger partial charge on any atom is 0.154 e. The summed E-state index contributed by atoms with van der Waals surface area (Å²) in [5, 5.41) is 10.5. The van der Waals surface area contributed by atoms with E-state index in [0.29, 0.717) is 21.6 Å². The predicted octanol–water partition coefficient (Wildman–Crippen LogP) is 4.61. The Morgan fingerprint density at radius 2 is 1.41 bits per heavy atom. The van der Waals surface area contributed by atoms with Crippen molar-refractivity contribution in [3.8, 4) is 22.4 Å². The Kier molecular flexibility index (Phi) is 4.39. The van der Waals surface area contributed by atoms with Gasteiger partial charge in [-0.2, -0.15) is 0 Å². The minimum absolute atomic E-state index is 0.236. The van der Waals surface area contributed by atoms with Gasteiger partial charge < -0.3 is 5.11 Å². The van der Waals surface area contributed by atoms with Crippen LogP contribution >= 0.6 is 23.2 Å². The number of aromatic nitrogens is 2. The molecule has 5 heteroatoms. The van der Waals surface area contributed by atoms with Crippen molar-refractivity contribution in [3.05, 3.63) is 70.6 Å². The Morgan fingerprint density at radius 1 is 0.818 bits per heavy atom. The first-order chi connectivity index (χ1) is 10.7. The van der Waals surface area contributed by atoms with E-state index in [0.717, 1.165) is 16.7 Å². The Labute approximate surface area is 138 Å². The number of nitrogens with zero attached hydrogens (tertiary/aromatic N) is 2. The van der Waals surface area contributed by atoms with Gasteiger partial charge in [0.2, 0.25) is 0 Å². The molecule has 110 valence electrons. The van der Waals surface area contributed by atoms with E-state index in [4.69, 9.17) is 23.2 Å². The van der Waals surface area contributed by atoms with Crippen LogP contribution in [-0.2, 0) is 6.61 Å². The fourth-order valence-electron chi connectivity index (χ4n) is 2.23. The molecular weight excluding hydrogens is 319 g/mol. The molecule has 2 aromatic carbocycles. The molecule has 1 aromatic heterocycles. The third kappa shape index (κ3) is 2.83. The molecule has 1 heterocycles. The van der Waals surface area contributed by atoms with E-state index >= 15 is 0 Å². The van der Waals surface area contributed by atoms with Crippen molar-refractivity contribution in [1.82, 2.24) is 9.97 Å². The lowest BCUT2D eigenvalue weighted by Crippen LogP contribution is -1.99. The van der Waals surface area contributed by atoms with E-state index in [1.54, 1.807) is 12.3 Å². The van der Waals surface area contributed by atoms with E-state index in [1.807, 2.05) is 42.5 Å². The van der Waals surface area contributed by atoms with Gasteiger partial charge in [0.05, 0.1) is 5.69 Å². The number of aliphatic hydroxyl groups is 1. The number of hydrogen-bond donors (Lipinski definition) is 1. The van der Waals surface area contributed by atoms with Crippen LogP contribution < -0.4 is 0 Å². The fourth-order valence-corrected chi connectivity index (χ4v) is 2.69. The smallest absolute Gasteiger partial charge is 0.154 e. The highest BCUT2D eigenvalue weighted by molar-refractivity contribution is 6.34. The summed E-state index contributed by atoms with van der Waals surface area (Å²) in [5.41, 5.74) is 3.02. The summed E-state index contributed by atoms with van der Waals surface area (Å²) in [5.74, 6) is 0.339. The monoisotopic (exact) mass is 330 g/mol. The van der Waals surface area contributed by atoms with Gasteiger partial charge >= 0.3 is 0 Å². The molecule has 0 atom stereocenters. The largest absolute Gasteiger partial charge is 0.388 e. The van der Waals surface area contributed by atoms with E-state index < -0.39 is 0 Å². The standard InChI is InChI=1S/C17H12Cl2N2O/c18-14-7-3-1-5-11(14)13-9-20-16(10-22)21-17(13)12-6-2-4-8-15(12)19/h1-9,22H,10H2. The Hall–Kier alpha value is -1.94. The first kappa shape index (κ1) is 15.0.